The summed E-state index contributed by atoms with van der Waals surface area (Å²) in [5.74, 6) is -2.27. The predicted molar refractivity (Wildman–Crippen MR) is 107 cm³/mol. The first-order valence-corrected chi connectivity index (χ1v) is 10.9. The number of thioether (sulfide) groups is 1. The summed E-state index contributed by atoms with van der Waals surface area (Å²) >= 11 is 3.76. The number of anilines is 1. The van der Waals surface area contributed by atoms with Gasteiger partial charge in [0.2, 0.25) is 10.9 Å². The molecule has 4 rings (SSSR count). The lowest BCUT2D eigenvalue weighted by Gasteiger charge is -2.23. The summed E-state index contributed by atoms with van der Waals surface area (Å²) in [5.41, 5.74) is 0.430. The van der Waals surface area contributed by atoms with E-state index in [-0.39, 0.29) is 10.7 Å². The number of carbonyl (C=O) groups is 2. The number of amides is 1. The topological polar surface area (TPSA) is 83.4 Å². The van der Waals surface area contributed by atoms with Gasteiger partial charge in [-0.25, -0.2) is 4.39 Å². The van der Waals surface area contributed by atoms with Gasteiger partial charge in [0.15, 0.2) is 10.1 Å². The van der Waals surface area contributed by atoms with E-state index in [9.17, 15) is 19.1 Å². The molecule has 1 aliphatic heterocycles. The Labute approximate surface area is 171 Å². The lowest BCUT2D eigenvalue weighted by Crippen LogP contribution is -2.31. The average molecular weight is 434 g/mol. The van der Waals surface area contributed by atoms with Crippen LogP contribution in [0.1, 0.15) is 21.3 Å². The number of hydrogen-bond donors (Lipinski definition) is 1. The molecule has 1 amide bonds. The summed E-state index contributed by atoms with van der Waals surface area (Å²) in [4.78, 5) is 27.6. The first-order valence-electron chi connectivity index (χ1n) is 7.99. The Kier molecular flexibility index (Phi) is 5.00. The third-order valence-corrected chi connectivity index (χ3v) is 6.93. The number of aromatic nitrogens is 2. The molecule has 6 nitrogen and oxygen atoms in total. The van der Waals surface area contributed by atoms with Crippen LogP contribution in [0.25, 0.3) is 0 Å². The molecule has 0 saturated carbocycles. The van der Waals surface area contributed by atoms with Crippen molar-refractivity contribution in [3.63, 3.8) is 0 Å². The van der Waals surface area contributed by atoms with Gasteiger partial charge in [-0.2, -0.15) is 0 Å². The van der Waals surface area contributed by atoms with Gasteiger partial charge in [-0.05, 0) is 35.4 Å². The van der Waals surface area contributed by atoms with Crippen LogP contribution >= 0.6 is 34.4 Å². The summed E-state index contributed by atoms with van der Waals surface area (Å²) in [5, 5.41) is 20.6. The standard InChI is InChI=1S/C18H12FN3O3S3/c1-26-18-21-20-17(28-18)22-13(9-4-6-10(19)7-5-9)12(15(24)16(22)25)14(23)11-3-2-8-27-11/h2-8,13,24H,1H3/t13-/m0/s1. The Morgan fingerprint density at radius 2 is 2.00 bits per heavy atom. The number of nitrogens with zero attached hydrogens (tertiary/aromatic N) is 3. The molecule has 1 atom stereocenters. The fraction of sp³-hybridized carbons (Fsp3) is 0.111. The number of halogens is 1. The molecule has 10 heteroatoms. The number of benzene rings is 1. The fourth-order valence-electron chi connectivity index (χ4n) is 2.92. The molecule has 28 heavy (non-hydrogen) atoms. The highest BCUT2D eigenvalue weighted by Crippen LogP contribution is 2.43. The van der Waals surface area contributed by atoms with Crippen LogP contribution in [-0.4, -0.2) is 33.3 Å². The maximum atomic E-state index is 13.4. The number of rotatable bonds is 5. The van der Waals surface area contributed by atoms with Crippen LogP contribution in [0.5, 0.6) is 0 Å². The van der Waals surface area contributed by atoms with E-state index in [1.54, 1.807) is 17.5 Å². The number of aliphatic hydroxyl groups is 1. The second-order valence-electron chi connectivity index (χ2n) is 5.75. The minimum atomic E-state index is -0.926. The van der Waals surface area contributed by atoms with Crippen LogP contribution in [0, 0.1) is 5.82 Å². The highest BCUT2D eigenvalue weighted by Gasteiger charge is 2.46. The van der Waals surface area contributed by atoms with Crippen LogP contribution in [0.2, 0.25) is 0 Å². The molecule has 1 aromatic carbocycles. The molecule has 3 heterocycles. The van der Waals surface area contributed by atoms with Gasteiger partial charge in [-0.1, -0.05) is 41.3 Å². The molecular formula is C18H12FN3O3S3. The van der Waals surface area contributed by atoms with Crippen molar-refractivity contribution in [2.75, 3.05) is 11.2 Å². The van der Waals surface area contributed by atoms with Crippen molar-refractivity contribution >= 4 is 51.3 Å². The van der Waals surface area contributed by atoms with Crippen molar-refractivity contribution in [1.82, 2.24) is 10.2 Å². The number of Topliss-reactive ketones (excluding diaryl/α,β-unsaturated/α-hetero) is 1. The summed E-state index contributed by atoms with van der Waals surface area (Å²) in [6, 6.07) is 7.87. The monoisotopic (exact) mass is 433 g/mol. The number of carbonyl (C=O) groups excluding carboxylic acids is 2. The second kappa shape index (κ2) is 7.46. The average Bonchev–Trinajstić information content (AvgIpc) is 3.43. The van der Waals surface area contributed by atoms with E-state index in [1.807, 2.05) is 6.26 Å². The third-order valence-electron chi connectivity index (χ3n) is 4.16. The summed E-state index contributed by atoms with van der Waals surface area (Å²) in [7, 11) is 0. The van der Waals surface area contributed by atoms with Gasteiger partial charge in [0.1, 0.15) is 5.82 Å². The predicted octanol–water partition coefficient (Wildman–Crippen LogP) is 4.24. The molecule has 0 saturated heterocycles. The van der Waals surface area contributed by atoms with Gasteiger partial charge in [0.05, 0.1) is 16.5 Å². The summed E-state index contributed by atoms with van der Waals surface area (Å²) < 4.78 is 14.1. The zero-order valence-electron chi connectivity index (χ0n) is 14.3. The van der Waals surface area contributed by atoms with Crippen LogP contribution in [0.3, 0.4) is 0 Å². The van der Waals surface area contributed by atoms with Crippen molar-refractivity contribution in [2.45, 2.75) is 10.4 Å². The first-order chi connectivity index (χ1) is 13.5. The fourth-order valence-corrected chi connectivity index (χ4v) is 4.88. The molecule has 1 aliphatic rings. The minimum Gasteiger partial charge on any atom is -0.503 e. The van der Waals surface area contributed by atoms with Crippen molar-refractivity contribution < 1.29 is 19.1 Å². The maximum Gasteiger partial charge on any atom is 0.296 e. The van der Waals surface area contributed by atoms with E-state index in [0.29, 0.717) is 14.8 Å². The Morgan fingerprint density at radius 1 is 1.25 bits per heavy atom. The SMILES string of the molecule is CSc1nnc(N2C(=O)C(O)=C(C(=O)c3cccs3)[C@@H]2c2ccc(F)cc2)s1. The highest BCUT2D eigenvalue weighted by molar-refractivity contribution is 8.00. The quantitative estimate of drug-likeness (QED) is 0.368. The largest absolute Gasteiger partial charge is 0.503 e. The van der Waals surface area contributed by atoms with E-state index in [0.717, 1.165) is 0 Å². The summed E-state index contributed by atoms with van der Waals surface area (Å²) in [6.45, 7) is 0. The van der Waals surface area contributed by atoms with Crippen LogP contribution in [0.4, 0.5) is 9.52 Å². The second-order valence-corrected chi connectivity index (χ2v) is 8.71. The van der Waals surface area contributed by atoms with E-state index in [4.69, 9.17) is 0 Å². The van der Waals surface area contributed by atoms with E-state index < -0.39 is 29.3 Å². The van der Waals surface area contributed by atoms with Gasteiger partial charge in [0.25, 0.3) is 5.91 Å². The molecule has 0 fully saturated rings. The van der Waals surface area contributed by atoms with E-state index >= 15 is 0 Å². The van der Waals surface area contributed by atoms with Gasteiger partial charge in [0, 0.05) is 0 Å². The lowest BCUT2D eigenvalue weighted by molar-refractivity contribution is -0.117. The lowest BCUT2D eigenvalue weighted by atomic mass is 9.95. The van der Waals surface area contributed by atoms with Crippen molar-refractivity contribution in [3.05, 3.63) is 69.4 Å². The Bertz CT molecular complexity index is 1080. The normalized spacial score (nSPS) is 16.9. The number of aliphatic hydroxyl groups excluding tert-OH is 1. The van der Waals surface area contributed by atoms with E-state index in [1.165, 1.54) is 63.6 Å². The summed E-state index contributed by atoms with van der Waals surface area (Å²) in [6.07, 6.45) is 1.83. The smallest absolute Gasteiger partial charge is 0.296 e. The first kappa shape index (κ1) is 18.8. The van der Waals surface area contributed by atoms with Gasteiger partial charge >= 0.3 is 0 Å². The van der Waals surface area contributed by atoms with Crippen LogP contribution in [-0.2, 0) is 4.79 Å². The van der Waals surface area contributed by atoms with Crippen molar-refractivity contribution in [3.8, 4) is 0 Å². The van der Waals surface area contributed by atoms with Gasteiger partial charge in [-0.3, -0.25) is 14.5 Å². The minimum absolute atomic E-state index is 0.0556. The Balaban J connectivity index is 1.86. The molecule has 142 valence electrons. The zero-order valence-corrected chi connectivity index (χ0v) is 16.8. The molecule has 1 N–H and O–H groups in total. The molecule has 0 bridgehead atoms. The van der Waals surface area contributed by atoms with Crippen molar-refractivity contribution in [2.24, 2.45) is 0 Å². The molecule has 2 aromatic heterocycles. The number of ketones is 1. The Hall–Kier alpha value is -2.56. The number of thiophene rings is 1. The molecule has 0 aliphatic carbocycles. The van der Waals surface area contributed by atoms with Crippen molar-refractivity contribution in [1.29, 1.82) is 0 Å². The molecule has 0 radical (unpaired) electrons. The molecule has 0 unspecified atom stereocenters. The molecule has 3 aromatic rings. The number of hydrogen-bond acceptors (Lipinski definition) is 8. The Morgan fingerprint density at radius 3 is 2.61 bits per heavy atom. The van der Waals surface area contributed by atoms with Gasteiger partial charge in [-0.15, -0.1) is 21.5 Å². The maximum absolute atomic E-state index is 13.4. The highest BCUT2D eigenvalue weighted by atomic mass is 32.2. The van der Waals surface area contributed by atoms with Crippen LogP contribution in [0.15, 0.2) is 57.5 Å². The molecular weight excluding hydrogens is 421 g/mol. The molecule has 0 spiro atoms. The third kappa shape index (κ3) is 3.13. The zero-order chi connectivity index (χ0) is 19.8. The van der Waals surface area contributed by atoms with Crippen LogP contribution < -0.4 is 4.90 Å². The van der Waals surface area contributed by atoms with Gasteiger partial charge < -0.3 is 5.11 Å². The van der Waals surface area contributed by atoms with E-state index in [2.05, 4.69) is 10.2 Å².